The molecule has 19 heavy (non-hydrogen) atoms. The molecule has 1 heterocycles. The van der Waals surface area contributed by atoms with Crippen LogP contribution in [-0.2, 0) is 13.0 Å². The third-order valence-corrected chi connectivity index (χ3v) is 3.18. The highest BCUT2D eigenvalue weighted by atomic mass is 15.0. The van der Waals surface area contributed by atoms with Crippen molar-refractivity contribution < 1.29 is 0 Å². The van der Waals surface area contributed by atoms with E-state index in [1.807, 2.05) is 25.1 Å². The molecule has 2 rings (SSSR count). The largest absolute Gasteiger partial charge is 0.399 e. The minimum atomic E-state index is 0.722. The van der Waals surface area contributed by atoms with E-state index in [9.17, 15) is 0 Å². The lowest BCUT2D eigenvalue weighted by Crippen LogP contribution is -2.05. The molecule has 1 aromatic carbocycles. The van der Waals surface area contributed by atoms with Gasteiger partial charge in [0.05, 0.1) is 0 Å². The average Bonchev–Trinajstić information content (AvgIpc) is 2.41. The summed E-state index contributed by atoms with van der Waals surface area (Å²) in [6, 6.07) is 7.97. The molecule has 1 aromatic heterocycles. The molecule has 0 aliphatic carbocycles. The minimum Gasteiger partial charge on any atom is -0.399 e. The topological polar surface area (TPSA) is 63.8 Å². The number of nitrogens with zero attached hydrogens (tertiary/aromatic N) is 2. The molecule has 100 valence electrons. The summed E-state index contributed by atoms with van der Waals surface area (Å²) >= 11 is 0. The van der Waals surface area contributed by atoms with Gasteiger partial charge in [0.1, 0.15) is 12.1 Å². The quantitative estimate of drug-likeness (QED) is 0.807. The lowest BCUT2D eigenvalue weighted by atomic mass is 10.1. The van der Waals surface area contributed by atoms with Crippen LogP contribution >= 0.6 is 0 Å². The van der Waals surface area contributed by atoms with Gasteiger partial charge in [0, 0.05) is 24.0 Å². The monoisotopic (exact) mass is 256 g/mol. The SMILES string of the molecule is CCCc1cc(NCc2cccc(N)c2C)ncn1. The summed E-state index contributed by atoms with van der Waals surface area (Å²) < 4.78 is 0. The van der Waals surface area contributed by atoms with Gasteiger partial charge in [-0.15, -0.1) is 0 Å². The molecule has 0 spiro atoms. The van der Waals surface area contributed by atoms with Gasteiger partial charge in [-0.1, -0.05) is 25.5 Å². The third kappa shape index (κ3) is 3.44. The van der Waals surface area contributed by atoms with Gasteiger partial charge in [-0.25, -0.2) is 9.97 Å². The van der Waals surface area contributed by atoms with Crippen molar-refractivity contribution in [3.8, 4) is 0 Å². The molecule has 4 nitrogen and oxygen atoms in total. The van der Waals surface area contributed by atoms with Crippen molar-refractivity contribution in [3.63, 3.8) is 0 Å². The van der Waals surface area contributed by atoms with Gasteiger partial charge in [0.2, 0.25) is 0 Å². The maximum Gasteiger partial charge on any atom is 0.129 e. The van der Waals surface area contributed by atoms with Gasteiger partial charge < -0.3 is 11.1 Å². The summed E-state index contributed by atoms with van der Waals surface area (Å²) in [5.41, 5.74) is 10.1. The summed E-state index contributed by atoms with van der Waals surface area (Å²) in [5, 5.41) is 3.32. The van der Waals surface area contributed by atoms with Crippen LogP contribution < -0.4 is 11.1 Å². The maximum absolute atomic E-state index is 5.90. The highest BCUT2D eigenvalue weighted by Gasteiger charge is 2.02. The molecule has 3 N–H and O–H groups in total. The molecular formula is C15H20N4. The van der Waals surface area contributed by atoms with Crippen molar-refractivity contribution in [2.45, 2.75) is 33.2 Å². The third-order valence-electron chi connectivity index (χ3n) is 3.18. The highest BCUT2D eigenvalue weighted by Crippen LogP contribution is 2.16. The van der Waals surface area contributed by atoms with Gasteiger partial charge in [-0.2, -0.15) is 0 Å². The molecule has 0 aliphatic heterocycles. The fourth-order valence-electron chi connectivity index (χ4n) is 1.97. The van der Waals surface area contributed by atoms with Crippen molar-refractivity contribution in [2.75, 3.05) is 11.1 Å². The smallest absolute Gasteiger partial charge is 0.129 e. The summed E-state index contributed by atoms with van der Waals surface area (Å²) in [6.45, 7) is 4.90. The zero-order valence-corrected chi connectivity index (χ0v) is 11.5. The summed E-state index contributed by atoms with van der Waals surface area (Å²) in [5.74, 6) is 0.861. The van der Waals surface area contributed by atoms with Crippen molar-refractivity contribution in [2.24, 2.45) is 0 Å². The lowest BCUT2D eigenvalue weighted by molar-refractivity contribution is 0.871. The molecule has 0 bridgehead atoms. The standard InChI is InChI=1S/C15H20N4/c1-3-5-13-8-15(19-10-18-13)17-9-12-6-4-7-14(16)11(12)2/h4,6-8,10H,3,5,9,16H2,1-2H3,(H,17,18,19). The predicted molar refractivity (Wildman–Crippen MR) is 78.9 cm³/mol. The van der Waals surface area contributed by atoms with Crippen LogP contribution in [0.5, 0.6) is 0 Å². The fraction of sp³-hybridized carbons (Fsp3) is 0.333. The van der Waals surface area contributed by atoms with E-state index in [0.717, 1.165) is 42.1 Å². The van der Waals surface area contributed by atoms with Gasteiger partial charge in [0.15, 0.2) is 0 Å². The summed E-state index contributed by atoms with van der Waals surface area (Å²) in [4.78, 5) is 8.48. The fourth-order valence-corrected chi connectivity index (χ4v) is 1.97. The second kappa shape index (κ2) is 6.18. The Hall–Kier alpha value is -2.10. The Morgan fingerprint density at radius 3 is 2.89 bits per heavy atom. The van der Waals surface area contributed by atoms with Gasteiger partial charge in [-0.05, 0) is 30.5 Å². The molecule has 4 heteroatoms. The van der Waals surface area contributed by atoms with Crippen molar-refractivity contribution in [1.82, 2.24) is 9.97 Å². The Balaban J connectivity index is 2.06. The molecule has 0 fully saturated rings. The molecular weight excluding hydrogens is 236 g/mol. The van der Waals surface area contributed by atoms with Crippen molar-refractivity contribution in [1.29, 1.82) is 0 Å². The highest BCUT2D eigenvalue weighted by molar-refractivity contribution is 5.51. The Morgan fingerprint density at radius 1 is 1.26 bits per heavy atom. The van der Waals surface area contributed by atoms with E-state index in [1.54, 1.807) is 6.33 Å². The molecule has 0 atom stereocenters. The van der Waals surface area contributed by atoms with Crippen LogP contribution in [0.25, 0.3) is 0 Å². The zero-order chi connectivity index (χ0) is 13.7. The maximum atomic E-state index is 5.90. The summed E-state index contributed by atoms with van der Waals surface area (Å²) in [6.07, 6.45) is 3.68. The van der Waals surface area contributed by atoms with Gasteiger partial charge in [0.25, 0.3) is 0 Å². The number of anilines is 2. The molecule has 0 unspecified atom stereocenters. The number of aryl methyl sites for hydroxylation is 1. The van der Waals surface area contributed by atoms with Crippen LogP contribution in [0.3, 0.4) is 0 Å². The lowest BCUT2D eigenvalue weighted by Gasteiger charge is -2.10. The number of benzene rings is 1. The van der Waals surface area contributed by atoms with Gasteiger partial charge in [-0.3, -0.25) is 0 Å². The number of hydrogen-bond donors (Lipinski definition) is 2. The molecule has 0 saturated carbocycles. The summed E-state index contributed by atoms with van der Waals surface area (Å²) in [7, 11) is 0. The Bertz CT molecular complexity index is 552. The zero-order valence-electron chi connectivity index (χ0n) is 11.5. The second-order valence-electron chi connectivity index (χ2n) is 4.63. The number of nitrogens with one attached hydrogen (secondary N) is 1. The predicted octanol–water partition coefficient (Wildman–Crippen LogP) is 2.93. The first-order valence-electron chi connectivity index (χ1n) is 6.59. The van der Waals surface area contributed by atoms with E-state index in [1.165, 1.54) is 5.56 Å². The minimum absolute atomic E-state index is 0.722. The number of aromatic nitrogens is 2. The first-order chi connectivity index (χ1) is 9.20. The normalized spacial score (nSPS) is 10.4. The molecule has 2 aromatic rings. The van der Waals surface area contributed by atoms with Crippen LogP contribution in [0.15, 0.2) is 30.6 Å². The van der Waals surface area contributed by atoms with Crippen molar-refractivity contribution in [3.05, 3.63) is 47.4 Å². The van der Waals surface area contributed by atoms with E-state index in [2.05, 4.69) is 28.3 Å². The van der Waals surface area contributed by atoms with Crippen LogP contribution in [0.2, 0.25) is 0 Å². The first kappa shape index (κ1) is 13.3. The number of rotatable bonds is 5. The van der Waals surface area contributed by atoms with E-state index < -0.39 is 0 Å². The average molecular weight is 256 g/mol. The van der Waals surface area contributed by atoms with E-state index >= 15 is 0 Å². The number of hydrogen-bond acceptors (Lipinski definition) is 4. The Labute approximate surface area is 114 Å². The van der Waals surface area contributed by atoms with Crippen LogP contribution in [0, 0.1) is 6.92 Å². The van der Waals surface area contributed by atoms with E-state index in [0.29, 0.717) is 0 Å². The Morgan fingerprint density at radius 2 is 2.11 bits per heavy atom. The number of nitrogen functional groups attached to an aromatic ring is 1. The van der Waals surface area contributed by atoms with Crippen molar-refractivity contribution >= 4 is 11.5 Å². The van der Waals surface area contributed by atoms with Crippen LogP contribution in [0.4, 0.5) is 11.5 Å². The van der Waals surface area contributed by atoms with E-state index in [-0.39, 0.29) is 0 Å². The molecule has 0 saturated heterocycles. The van der Waals surface area contributed by atoms with Crippen LogP contribution in [0.1, 0.15) is 30.2 Å². The Kier molecular flexibility index (Phi) is 4.34. The van der Waals surface area contributed by atoms with E-state index in [4.69, 9.17) is 5.73 Å². The molecule has 0 amide bonds. The molecule has 0 aliphatic rings. The molecule has 0 radical (unpaired) electrons. The first-order valence-corrected chi connectivity index (χ1v) is 6.59. The number of nitrogens with two attached hydrogens (primary N) is 1. The van der Waals surface area contributed by atoms with Crippen LogP contribution in [-0.4, -0.2) is 9.97 Å². The van der Waals surface area contributed by atoms with Gasteiger partial charge >= 0.3 is 0 Å². The second-order valence-corrected chi connectivity index (χ2v) is 4.63.